The second-order valence-electron chi connectivity index (χ2n) is 8.45. The van der Waals surface area contributed by atoms with Crippen LogP contribution in [0.15, 0.2) is 59.8 Å². The molecule has 0 spiro atoms. The molecule has 0 aliphatic carbocycles. The van der Waals surface area contributed by atoms with Gasteiger partial charge in [0.1, 0.15) is 18.0 Å². The van der Waals surface area contributed by atoms with Gasteiger partial charge in [-0.25, -0.2) is 9.48 Å². The summed E-state index contributed by atoms with van der Waals surface area (Å²) in [4.78, 5) is 17.7. The maximum atomic E-state index is 12.1. The zero-order valence-electron chi connectivity index (χ0n) is 19.4. The van der Waals surface area contributed by atoms with Crippen molar-refractivity contribution in [2.45, 2.75) is 46.8 Å². The lowest BCUT2D eigenvalue weighted by atomic mass is 10.1. The highest BCUT2D eigenvalue weighted by Crippen LogP contribution is 2.28. The van der Waals surface area contributed by atoms with Gasteiger partial charge < -0.3 is 14.3 Å². The van der Waals surface area contributed by atoms with Crippen LogP contribution in [0.4, 0.5) is 0 Å². The van der Waals surface area contributed by atoms with E-state index < -0.39 is 5.60 Å². The van der Waals surface area contributed by atoms with Gasteiger partial charge in [-0.3, -0.25) is 0 Å². The lowest BCUT2D eigenvalue weighted by Gasteiger charge is -2.19. The van der Waals surface area contributed by atoms with Crippen molar-refractivity contribution in [1.82, 2.24) is 9.78 Å². The van der Waals surface area contributed by atoms with E-state index in [1.807, 2.05) is 84.1 Å². The average Bonchev–Trinajstić information content (AvgIpc) is 3.01. The molecule has 0 aliphatic rings. The maximum Gasteiger partial charge on any atom is 0.338 e. The van der Waals surface area contributed by atoms with E-state index in [9.17, 15) is 4.79 Å². The molecule has 7 heteroatoms. The van der Waals surface area contributed by atoms with Crippen molar-refractivity contribution in [3.63, 3.8) is 0 Å². The molecule has 0 bridgehead atoms. The fourth-order valence-corrected chi connectivity index (χ4v) is 3.09. The molecule has 7 nitrogen and oxygen atoms in total. The highest BCUT2D eigenvalue weighted by Gasteiger charge is 2.19. The fraction of sp³-hybridized carbons (Fsp3) is 0.320. The highest BCUT2D eigenvalue weighted by atomic mass is 16.6. The summed E-state index contributed by atoms with van der Waals surface area (Å²) in [5, 5.41) is 8.72. The van der Waals surface area contributed by atoms with E-state index in [0.717, 1.165) is 22.6 Å². The third-order valence-corrected chi connectivity index (χ3v) is 4.51. The van der Waals surface area contributed by atoms with E-state index in [4.69, 9.17) is 14.3 Å². The minimum Gasteiger partial charge on any atom is -0.456 e. The Labute approximate surface area is 188 Å². The number of aromatic nitrogens is 2. The van der Waals surface area contributed by atoms with E-state index in [0.29, 0.717) is 17.2 Å². The minimum atomic E-state index is -0.529. The molecule has 3 rings (SSSR count). The first-order valence-corrected chi connectivity index (χ1v) is 10.4. The predicted molar refractivity (Wildman–Crippen MR) is 123 cm³/mol. The summed E-state index contributed by atoms with van der Waals surface area (Å²) in [6, 6.07) is 16.6. The Morgan fingerprint density at radius 1 is 1.06 bits per heavy atom. The van der Waals surface area contributed by atoms with Crippen LogP contribution < -0.4 is 4.74 Å². The number of ether oxygens (including phenoxy) is 2. The third kappa shape index (κ3) is 5.97. The molecule has 168 valence electrons. The zero-order valence-corrected chi connectivity index (χ0v) is 19.4. The number of carbonyl (C=O) groups is 1. The molecule has 1 heterocycles. The number of hydrogen-bond acceptors (Lipinski definition) is 6. The summed E-state index contributed by atoms with van der Waals surface area (Å²) in [6.45, 7) is 9.55. The first-order valence-electron chi connectivity index (χ1n) is 10.4. The number of carbonyl (C=O) groups excluding carboxylic acids is 1. The Hall–Kier alpha value is -3.61. The monoisotopic (exact) mass is 435 g/mol. The van der Waals surface area contributed by atoms with Crippen molar-refractivity contribution < 1.29 is 19.1 Å². The summed E-state index contributed by atoms with van der Waals surface area (Å²) >= 11 is 0. The molecule has 1 aromatic heterocycles. The van der Waals surface area contributed by atoms with Crippen LogP contribution in [0.5, 0.6) is 11.6 Å². The fourth-order valence-electron chi connectivity index (χ4n) is 3.09. The molecule has 0 unspecified atom stereocenters. The minimum absolute atomic E-state index is 0.264. The van der Waals surface area contributed by atoms with Crippen molar-refractivity contribution >= 4 is 11.7 Å². The topological polar surface area (TPSA) is 74.9 Å². The van der Waals surface area contributed by atoms with Gasteiger partial charge in [0.2, 0.25) is 5.88 Å². The number of aryl methyl sites for hydroxylation is 2. The molecule has 0 atom stereocenters. The van der Waals surface area contributed by atoms with Crippen LogP contribution in [-0.2, 0) is 23.2 Å². The van der Waals surface area contributed by atoms with Crippen LogP contribution in [0, 0.1) is 6.92 Å². The van der Waals surface area contributed by atoms with Crippen LogP contribution in [0.25, 0.3) is 0 Å². The van der Waals surface area contributed by atoms with Gasteiger partial charge in [0, 0.05) is 7.05 Å². The van der Waals surface area contributed by atoms with Crippen molar-refractivity contribution in [2.75, 3.05) is 0 Å². The number of benzene rings is 2. The second-order valence-corrected chi connectivity index (χ2v) is 8.45. The van der Waals surface area contributed by atoms with Gasteiger partial charge in [-0.1, -0.05) is 35.5 Å². The Morgan fingerprint density at radius 2 is 1.72 bits per heavy atom. The van der Waals surface area contributed by atoms with E-state index in [1.54, 1.807) is 16.8 Å². The predicted octanol–water partition coefficient (Wildman–Crippen LogP) is 5.42. The van der Waals surface area contributed by atoms with E-state index >= 15 is 0 Å². The molecule has 3 aromatic rings. The number of oxime groups is 1. The summed E-state index contributed by atoms with van der Waals surface area (Å²) < 4.78 is 13.1. The summed E-state index contributed by atoms with van der Waals surface area (Å²) in [5.41, 5.74) is 3.10. The molecule has 0 fully saturated rings. The van der Waals surface area contributed by atoms with E-state index in [-0.39, 0.29) is 12.6 Å². The van der Waals surface area contributed by atoms with Gasteiger partial charge >= 0.3 is 5.97 Å². The summed E-state index contributed by atoms with van der Waals surface area (Å²) in [7, 11) is 1.83. The smallest absolute Gasteiger partial charge is 0.338 e. The summed E-state index contributed by atoms with van der Waals surface area (Å²) in [5.74, 6) is 0.965. The molecular weight excluding hydrogens is 406 g/mol. The van der Waals surface area contributed by atoms with Gasteiger partial charge in [-0.05, 0) is 64.4 Å². The largest absolute Gasteiger partial charge is 0.456 e. The van der Waals surface area contributed by atoms with Crippen LogP contribution in [0.2, 0.25) is 0 Å². The molecule has 0 radical (unpaired) electrons. The Bertz CT molecular complexity index is 1090. The van der Waals surface area contributed by atoms with Crippen LogP contribution >= 0.6 is 0 Å². The quantitative estimate of drug-likeness (QED) is 0.281. The van der Waals surface area contributed by atoms with Crippen LogP contribution in [0.1, 0.15) is 54.9 Å². The third-order valence-electron chi connectivity index (χ3n) is 4.51. The normalized spacial score (nSPS) is 11.9. The molecule has 32 heavy (non-hydrogen) atoms. The number of rotatable bonds is 7. The SMILES string of the molecule is C/C(=N\OCc1ccc(C(=O)OC(C)(C)C)cc1)c1c(C)nn(C)c1Oc1ccccc1. The lowest BCUT2D eigenvalue weighted by molar-refractivity contribution is 0.00694. The molecule has 0 saturated carbocycles. The molecule has 0 amide bonds. The number of esters is 1. The summed E-state index contributed by atoms with van der Waals surface area (Å²) in [6.07, 6.45) is 0. The van der Waals surface area contributed by atoms with Gasteiger partial charge in [0.15, 0.2) is 0 Å². The number of hydrogen-bond donors (Lipinski definition) is 0. The Kier molecular flexibility index (Phi) is 6.98. The Morgan fingerprint density at radius 3 is 2.34 bits per heavy atom. The van der Waals surface area contributed by atoms with Gasteiger partial charge in [-0.15, -0.1) is 0 Å². The van der Waals surface area contributed by atoms with E-state index in [1.165, 1.54) is 0 Å². The van der Waals surface area contributed by atoms with E-state index in [2.05, 4.69) is 10.3 Å². The number of nitrogens with zero attached hydrogens (tertiary/aromatic N) is 3. The van der Waals surface area contributed by atoms with Crippen molar-refractivity contribution in [2.24, 2.45) is 12.2 Å². The van der Waals surface area contributed by atoms with Gasteiger partial charge in [-0.2, -0.15) is 5.10 Å². The van der Waals surface area contributed by atoms with Crippen LogP contribution in [0.3, 0.4) is 0 Å². The number of para-hydroxylation sites is 1. The standard InChI is InChI=1S/C25H29N3O4/c1-17-22(23(28(6)26-17)31-21-10-8-7-9-11-21)18(2)27-30-16-19-12-14-20(15-13-19)24(29)32-25(3,4)5/h7-15H,16H2,1-6H3/b27-18+. The Balaban J connectivity index is 1.67. The van der Waals surface area contributed by atoms with Crippen molar-refractivity contribution in [3.8, 4) is 11.6 Å². The highest BCUT2D eigenvalue weighted by molar-refractivity contribution is 6.01. The second kappa shape index (κ2) is 9.68. The maximum absolute atomic E-state index is 12.1. The molecule has 2 aromatic carbocycles. The average molecular weight is 436 g/mol. The lowest BCUT2D eigenvalue weighted by Crippen LogP contribution is -2.23. The molecule has 0 aliphatic heterocycles. The zero-order chi connectivity index (χ0) is 23.3. The van der Waals surface area contributed by atoms with Crippen molar-refractivity contribution in [3.05, 3.63) is 77.0 Å². The van der Waals surface area contributed by atoms with Crippen LogP contribution in [-0.4, -0.2) is 27.1 Å². The molecule has 0 saturated heterocycles. The first kappa shape index (κ1) is 23.1. The van der Waals surface area contributed by atoms with Crippen molar-refractivity contribution in [1.29, 1.82) is 0 Å². The molecule has 0 N–H and O–H groups in total. The molecular formula is C25H29N3O4. The van der Waals surface area contributed by atoms with Gasteiger partial charge in [0.05, 0.1) is 22.5 Å². The van der Waals surface area contributed by atoms with Gasteiger partial charge in [0.25, 0.3) is 0 Å². The first-order chi connectivity index (χ1) is 15.1.